The maximum Gasteiger partial charge on any atom is 0.252 e. The Morgan fingerprint density at radius 1 is 0.471 bits per heavy atom. The van der Waals surface area contributed by atoms with Crippen LogP contribution in [0.1, 0.15) is 163 Å². The van der Waals surface area contributed by atoms with Crippen LogP contribution in [-0.2, 0) is 32.5 Å². The van der Waals surface area contributed by atoms with Gasteiger partial charge in [-0.05, 0) is 162 Å². The highest BCUT2D eigenvalue weighted by molar-refractivity contribution is 7.00. The van der Waals surface area contributed by atoms with Gasteiger partial charge in [-0.1, -0.05) is 182 Å². The topological polar surface area (TPSA) is 6.48 Å². The molecule has 7 aromatic carbocycles. The maximum atomic E-state index is 9.26. The van der Waals surface area contributed by atoms with Gasteiger partial charge < -0.3 is 9.80 Å². The molecule has 0 amide bonds. The first kappa shape index (κ1) is 41.2. The van der Waals surface area contributed by atoms with Gasteiger partial charge in [0.25, 0.3) is 6.71 Å². The average molecular weight is 894 g/mol. The molecule has 0 fully saturated rings. The van der Waals surface area contributed by atoms with Crippen molar-refractivity contribution in [1.29, 1.82) is 0 Å². The average Bonchev–Trinajstić information content (AvgIpc) is 3.48. The summed E-state index contributed by atoms with van der Waals surface area (Å²) in [6.07, 6.45) is 1.04. The summed E-state index contributed by atoms with van der Waals surface area (Å²) in [5.41, 5.74) is 23.4. The van der Waals surface area contributed by atoms with E-state index in [0.29, 0.717) is 5.56 Å². The SMILES string of the molecule is [2H]C([2H])([2H])c1cc2c3c(c1)N(c1ccc(C(C)(C)C)cc1-c1ccccc1)c1ccc(C(C)(C)C)cc1B3c1cc3c(cc1N2c1cc2c(cc1C)C(C)(C)c1ccccc1C2(C)C)C(C)(C)CC3(C)C. The molecule has 68 heavy (non-hydrogen) atoms. The third-order valence-electron chi connectivity index (χ3n) is 16.8. The number of nitrogens with zero attached hydrogens (tertiary/aromatic N) is 2. The molecular formula is C65H71BN2. The van der Waals surface area contributed by atoms with Gasteiger partial charge in [0.1, 0.15) is 0 Å². The number of anilines is 6. The second-order valence-corrected chi connectivity index (χ2v) is 25.3. The summed E-state index contributed by atoms with van der Waals surface area (Å²) in [4.78, 5) is 4.92. The van der Waals surface area contributed by atoms with Gasteiger partial charge in [0.05, 0.1) is 5.69 Å². The van der Waals surface area contributed by atoms with Crippen molar-refractivity contribution in [2.24, 2.45) is 0 Å². The quantitative estimate of drug-likeness (QED) is 0.163. The van der Waals surface area contributed by atoms with Gasteiger partial charge in [0.15, 0.2) is 0 Å². The smallest absolute Gasteiger partial charge is 0.252 e. The Morgan fingerprint density at radius 3 is 1.56 bits per heavy atom. The molecule has 0 unspecified atom stereocenters. The van der Waals surface area contributed by atoms with Crippen molar-refractivity contribution in [3.8, 4) is 11.1 Å². The fraction of sp³-hybridized carbons (Fsp3) is 0.354. The zero-order chi connectivity index (χ0) is 50.9. The minimum atomic E-state index is -2.39. The highest BCUT2D eigenvalue weighted by atomic mass is 15.2. The zero-order valence-corrected chi connectivity index (χ0v) is 43.3. The largest absolute Gasteiger partial charge is 0.311 e. The molecule has 0 radical (unpaired) electrons. The molecule has 2 aliphatic carbocycles. The fourth-order valence-electron chi connectivity index (χ4n) is 13.3. The van der Waals surface area contributed by atoms with Crippen molar-refractivity contribution in [2.75, 3.05) is 9.80 Å². The Bertz CT molecular complexity index is 3380. The lowest BCUT2D eigenvalue weighted by atomic mass is 9.33. The predicted molar refractivity (Wildman–Crippen MR) is 294 cm³/mol. The molecule has 4 aliphatic rings. The number of fused-ring (bicyclic) bond motifs is 7. The van der Waals surface area contributed by atoms with Crippen LogP contribution in [0.3, 0.4) is 0 Å². The monoisotopic (exact) mass is 894 g/mol. The van der Waals surface area contributed by atoms with E-state index in [2.05, 4.69) is 229 Å². The molecule has 0 saturated carbocycles. The highest BCUT2D eigenvalue weighted by Gasteiger charge is 2.49. The number of rotatable bonds is 3. The number of hydrogen-bond donors (Lipinski definition) is 0. The molecule has 0 N–H and O–H groups in total. The predicted octanol–water partition coefficient (Wildman–Crippen LogP) is 15.6. The molecule has 3 heteroatoms. The second-order valence-electron chi connectivity index (χ2n) is 25.3. The summed E-state index contributed by atoms with van der Waals surface area (Å²) < 4.78 is 27.8. The summed E-state index contributed by atoms with van der Waals surface area (Å²) in [5.74, 6) is 0. The molecule has 344 valence electrons. The van der Waals surface area contributed by atoms with Crippen LogP contribution in [0.2, 0.25) is 0 Å². The molecule has 11 rings (SSSR count). The standard InChI is InChI=1S/C65H71BN2/c1-39-30-57-59-58(31-39)68(55-37-50-49(32-40(55)2)64(13,14)45-24-20-21-25-46(45)65(50,15)16)56-36-48-47(62(9,10)38-63(48,11)12)35-52(56)66(59)51-34-43(61(6,7)8)27-29-54(51)67(57)53-28-26-42(60(3,4)5)33-44(53)41-22-18-17-19-23-41/h17-37H,38H2,1-16H3/i1D3. The summed E-state index contributed by atoms with van der Waals surface area (Å²) in [6, 6.07) is 47.9. The van der Waals surface area contributed by atoms with Crippen LogP contribution < -0.4 is 26.2 Å². The van der Waals surface area contributed by atoms with E-state index in [0.717, 1.165) is 62.7 Å². The third-order valence-corrected chi connectivity index (χ3v) is 16.8. The van der Waals surface area contributed by atoms with Crippen molar-refractivity contribution in [3.05, 3.63) is 183 Å². The van der Waals surface area contributed by atoms with E-state index in [9.17, 15) is 4.11 Å². The Morgan fingerprint density at radius 2 is 0.971 bits per heavy atom. The highest BCUT2D eigenvalue weighted by Crippen LogP contribution is 2.56. The van der Waals surface area contributed by atoms with Crippen molar-refractivity contribution in [1.82, 2.24) is 0 Å². The van der Waals surface area contributed by atoms with Gasteiger partial charge in [-0.25, -0.2) is 0 Å². The molecule has 0 saturated heterocycles. The van der Waals surface area contributed by atoms with E-state index < -0.39 is 6.85 Å². The molecule has 0 spiro atoms. The van der Waals surface area contributed by atoms with Crippen LogP contribution in [0, 0.1) is 13.8 Å². The minimum absolute atomic E-state index is 0.0478. The van der Waals surface area contributed by atoms with Gasteiger partial charge in [-0.3, -0.25) is 0 Å². The fourth-order valence-corrected chi connectivity index (χ4v) is 13.3. The van der Waals surface area contributed by atoms with Gasteiger partial charge in [0, 0.05) is 48.9 Å². The Kier molecular flexibility index (Phi) is 8.71. The van der Waals surface area contributed by atoms with Crippen LogP contribution in [0.5, 0.6) is 0 Å². The van der Waals surface area contributed by atoms with Gasteiger partial charge in [-0.2, -0.15) is 0 Å². The van der Waals surface area contributed by atoms with Crippen molar-refractivity contribution < 1.29 is 4.11 Å². The Balaban J connectivity index is 1.30. The van der Waals surface area contributed by atoms with Crippen molar-refractivity contribution in [3.63, 3.8) is 0 Å². The lowest BCUT2D eigenvalue weighted by molar-refractivity contribution is 0.403. The molecule has 2 aliphatic heterocycles. The Labute approximate surface area is 413 Å². The first-order chi connectivity index (χ1) is 33.0. The summed E-state index contributed by atoms with van der Waals surface area (Å²) in [6.45, 7) is 32.6. The molecule has 0 bridgehead atoms. The van der Waals surface area contributed by atoms with Crippen LogP contribution >= 0.6 is 0 Å². The lowest BCUT2D eigenvalue weighted by Crippen LogP contribution is -2.62. The summed E-state index contributed by atoms with van der Waals surface area (Å²) in [5, 5.41) is 0. The van der Waals surface area contributed by atoms with Crippen LogP contribution in [0.25, 0.3) is 11.1 Å². The first-order valence-electron chi connectivity index (χ1n) is 26.6. The molecule has 2 heterocycles. The van der Waals surface area contributed by atoms with E-state index >= 15 is 0 Å². The van der Waals surface area contributed by atoms with Crippen molar-refractivity contribution >= 4 is 57.2 Å². The molecule has 0 atom stereocenters. The Hall–Kier alpha value is -5.80. The molecule has 2 nitrogen and oxygen atoms in total. The van der Waals surface area contributed by atoms with E-state index in [1.807, 2.05) is 12.1 Å². The lowest BCUT2D eigenvalue weighted by Gasteiger charge is -2.47. The second kappa shape index (κ2) is 14.4. The number of benzene rings is 7. The third kappa shape index (κ3) is 6.43. The van der Waals surface area contributed by atoms with E-state index in [1.54, 1.807) is 0 Å². The molecular weight excluding hydrogens is 820 g/mol. The van der Waals surface area contributed by atoms with Gasteiger partial charge in [-0.15, -0.1) is 0 Å². The van der Waals surface area contributed by atoms with Crippen LogP contribution in [0.15, 0.2) is 127 Å². The summed E-state index contributed by atoms with van der Waals surface area (Å²) >= 11 is 0. The first-order valence-corrected chi connectivity index (χ1v) is 25.1. The molecule has 0 aromatic heterocycles. The van der Waals surface area contributed by atoms with E-state index in [1.165, 1.54) is 55.4 Å². The molecule has 7 aromatic rings. The van der Waals surface area contributed by atoms with Gasteiger partial charge >= 0.3 is 0 Å². The van der Waals surface area contributed by atoms with Crippen molar-refractivity contribution in [2.45, 2.75) is 150 Å². The van der Waals surface area contributed by atoms with E-state index in [-0.39, 0.29) is 39.2 Å². The number of aryl methyl sites for hydroxylation is 2. The minimum Gasteiger partial charge on any atom is -0.311 e. The zero-order valence-electron chi connectivity index (χ0n) is 46.3. The van der Waals surface area contributed by atoms with Crippen LogP contribution in [-0.4, -0.2) is 6.71 Å². The van der Waals surface area contributed by atoms with Crippen LogP contribution in [0.4, 0.5) is 34.1 Å². The number of hydrogen-bond acceptors (Lipinski definition) is 2. The maximum absolute atomic E-state index is 9.26. The summed E-state index contributed by atoms with van der Waals surface area (Å²) in [7, 11) is 0. The van der Waals surface area contributed by atoms with Gasteiger partial charge in [0.2, 0.25) is 0 Å². The van der Waals surface area contributed by atoms with E-state index in [4.69, 9.17) is 0 Å². The normalized spacial score (nSPS) is 18.6.